The summed E-state index contributed by atoms with van der Waals surface area (Å²) < 4.78 is 29.6. The third kappa shape index (κ3) is 5.18. The first-order valence-corrected chi connectivity index (χ1v) is 7.09. The van der Waals surface area contributed by atoms with Crippen molar-refractivity contribution in [1.82, 2.24) is 5.32 Å². The monoisotopic (exact) mass is 297 g/mol. The molecule has 1 aromatic rings. The summed E-state index contributed by atoms with van der Waals surface area (Å²) in [4.78, 5) is 1.12. The number of hydrogen-bond acceptors (Lipinski definition) is 3. The molecule has 104 valence electrons. The molecule has 0 bridgehead atoms. The summed E-state index contributed by atoms with van der Waals surface area (Å²) in [5.74, 6) is 0. The van der Waals surface area contributed by atoms with E-state index in [0.717, 1.165) is 21.3 Å². The molecule has 1 N–H and O–H groups in total. The van der Waals surface area contributed by atoms with E-state index in [2.05, 4.69) is 5.32 Å². The zero-order valence-electron chi connectivity index (χ0n) is 10.5. The van der Waals surface area contributed by atoms with Gasteiger partial charge in [-0.25, -0.2) is 8.78 Å². The van der Waals surface area contributed by atoms with Crippen molar-refractivity contribution in [3.63, 3.8) is 0 Å². The summed E-state index contributed by atoms with van der Waals surface area (Å²) in [6.45, 7) is 4.60. The summed E-state index contributed by atoms with van der Waals surface area (Å²) in [5, 5.41) is 3.31. The second kappa shape index (κ2) is 8.04. The van der Waals surface area contributed by atoms with E-state index < -0.39 is 13.0 Å². The van der Waals surface area contributed by atoms with Gasteiger partial charge in [0.2, 0.25) is 0 Å². The number of halogens is 3. The lowest BCUT2D eigenvalue weighted by atomic mass is 10.1. The second-order valence-electron chi connectivity index (χ2n) is 3.97. The Balaban J connectivity index is 2.49. The van der Waals surface area contributed by atoms with Crippen LogP contribution < -0.4 is 5.32 Å². The van der Waals surface area contributed by atoms with Gasteiger partial charge in [-0.05, 0) is 31.5 Å². The normalized spacial score (nSPS) is 13.2. The Labute approximate surface area is 115 Å². The van der Waals surface area contributed by atoms with Gasteiger partial charge in [0.15, 0.2) is 0 Å². The van der Waals surface area contributed by atoms with Crippen LogP contribution >= 0.6 is 22.9 Å². The summed E-state index contributed by atoms with van der Waals surface area (Å²) in [6, 6.07) is 2.15. The zero-order chi connectivity index (χ0) is 13.5. The van der Waals surface area contributed by atoms with Gasteiger partial charge in [0.25, 0.3) is 6.43 Å². The number of aryl methyl sites for hydroxylation is 1. The van der Waals surface area contributed by atoms with E-state index in [4.69, 9.17) is 16.3 Å². The molecule has 1 rings (SSSR count). The Morgan fingerprint density at radius 2 is 2.22 bits per heavy atom. The van der Waals surface area contributed by atoms with Gasteiger partial charge in [0.1, 0.15) is 6.61 Å². The molecule has 0 aliphatic rings. The molecule has 1 aromatic heterocycles. The fourth-order valence-electron chi connectivity index (χ4n) is 1.62. The Bertz CT molecular complexity index is 340. The van der Waals surface area contributed by atoms with Crippen LogP contribution in [0.25, 0.3) is 0 Å². The van der Waals surface area contributed by atoms with E-state index in [1.165, 1.54) is 11.3 Å². The Hall–Kier alpha value is -0.230. The van der Waals surface area contributed by atoms with Crippen LogP contribution in [0.3, 0.4) is 0 Å². The van der Waals surface area contributed by atoms with Crippen LogP contribution in [-0.4, -0.2) is 26.2 Å². The van der Waals surface area contributed by atoms with E-state index in [1.54, 1.807) is 0 Å². The molecule has 0 aliphatic carbocycles. The van der Waals surface area contributed by atoms with Crippen molar-refractivity contribution >= 4 is 22.9 Å². The maximum Gasteiger partial charge on any atom is 0.261 e. The van der Waals surface area contributed by atoms with Gasteiger partial charge in [-0.1, -0.05) is 18.5 Å². The standard InChI is InChI=1S/C12H18ClF2NOS/c1-3-16-9(4-5-17-7-11(14)15)10-6-8(2)12(13)18-10/h6,9,11,16H,3-5,7H2,1-2H3. The molecule has 18 heavy (non-hydrogen) atoms. The van der Waals surface area contributed by atoms with Crippen molar-refractivity contribution in [3.05, 3.63) is 20.8 Å². The average molecular weight is 298 g/mol. The molecule has 0 radical (unpaired) electrons. The fraction of sp³-hybridized carbons (Fsp3) is 0.667. The smallest absolute Gasteiger partial charge is 0.261 e. The number of hydrogen-bond donors (Lipinski definition) is 1. The number of alkyl halides is 2. The lowest BCUT2D eigenvalue weighted by Crippen LogP contribution is -2.22. The minimum absolute atomic E-state index is 0.115. The van der Waals surface area contributed by atoms with Gasteiger partial charge in [-0.2, -0.15) is 0 Å². The maximum absolute atomic E-state index is 11.9. The van der Waals surface area contributed by atoms with Crippen molar-refractivity contribution in [2.24, 2.45) is 0 Å². The highest BCUT2D eigenvalue weighted by Crippen LogP contribution is 2.32. The van der Waals surface area contributed by atoms with E-state index in [9.17, 15) is 8.78 Å². The summed E-state index contributed by atoms with van der Waals surface area (Å²) in [6.07, 6.45) is -1.74. The molecular formula is C12H18ClF2NOS. The molecule has 0 aliphatic heterocycles. The number of rotatable bonds is 8. The first-order valence-electron chi connectivity index (χ1n) is 5.89. The van der Waals surface area contributed by atoms with Gasteiger partial charge >= 0.3 is 0 Å². The molecule has 2 nitrogen and oxygen atoms in total. The number of thiophene rings is 1. The van der Waals surface area contributed by atoms with Crippen molar-refractivity contribution < 1.29 is 13.5 Å². The lowest BCUT2D eigenvalue weighted by Gasteiger charge is -2.16. The largest absolute Gasteiger partial charge is 0.375 e. The predicted octanol–water partition coefficient (Wildman–Crippen LogP) is 4.03. The second-order valence-corrected chi connectivity index (χ2v) is 5.66. The molecule has 0 fully saturated rings. The van der Waals surface area contributed by atoms with Crippen molar-refractivity contribution in [2.45, 2.75) is 32.7 Å². The van der Waals surface area contributed by atoms with Gasteiger partial charge < -0.3 is 10.1 Å². The quantitative estimate of drug-likeness (QED) is 0.731. The molecule has 0 saturated heterocycles. The topological polar surface area (TPSA) is 21.3 Å². The Morgan fingerprint density at radius 3 is 2.72 bits per heavy atom. The van der Waals surface area contributed by atoms with Crippen LogP contribution in [0.1, 0.15) is 29.8 Å². The van der Waals surface area contributed by atoms with E-state index >= 15 is 0 Å². The summed E-state index contributed by atoms with van der Waals surface area (Å²) in [5.41, 5.74) is 1.05. The maximum atomic E-state index is 11.9. The highest BCUT2D eigenvalue weighted by molar-refractivity contribution is 7.16. The molecule has 0 amide bonds. The van der Waals surface area contributed by atoms with Gasteiger partial charge in [0, 0.05) is 17.5 Å². The number of ether oxygens (including phenoxy) is 1. The molecule has 0 spiro atoms. The molecule has 1 unspecified atom stereocenters. The van der Waals surface area contributed by atoms with E-state index in [0.29, 0.717) is 13.0 Å². The van der Waals surface area contributed by atoms with Crippen molar-refractivity contribution in [1.29, 1.82) is 0 Å². The van der Waals surface area contributed by atoms with Crippen molar-refractivity contribution in [2.75, 3.05) is 19.8 Å². The first-order chi connectivity index (χ1) is 8.54. The molecule has 0 aromatic carbocycles. The minimum Gasteiger partial charge on any atom is -0.375 e. The predicted molar refractivity (Wildman–Crippen MR) is 71.9 cm³/mol. The third-order valence-corrected chi connectivity index (χ3v) is 4.13. The van der Waals surface area contributed by atoms with Crippen LogP contribution in [0.15, 0.2) is 6.07 Å². The minimum atomic E-state index is -2.40. The fourth-order valence-corrected chi connectivity index (χ4v) is 2.95. The molecule has 6 heteroatoms. The molecule has 1 atom stereocenters. The third-order valence-electron chi connectivity index (χ3n) is 2.46. The first kappa shape index (κ1) is 15.8. The van der Waals surface area contributed by atoms with Crippen LogP contribution in [0.4, 0.5) is 8.78 Å². The molecule has 1 heterocycles. The van der Waals surface area contributed by atoms with E-state index in [-0.39, 0.29) is 6.04 Å². The van der Waals surface area contributed by atoms with Gasteiger partial charge in [-0.15, -0.1) is 11.3 Å². The highest BCUT2D eigenvalue weighted by atomic mass is 35.5. The summed E-state index contributed by atoms with van der Waals surface area (Å²) in [7, 11) is 0. The van der Waals surface area contributed by atoms with Crippen LogP contribution in [0.2, 0.25) is 4.34 Å². The van der Waals surface area contributed by atoms with Crippen LogP contribution in [0, 0.1) is 6.92 Å². The van der Waals surface area contributed by atoms with Gasteiger partial charge in [-0.3, -0.25) is 0 Å². The van der Waals surface area contributed by atoms with E-state index in [1.807, 2.05) is 19.9 Å². The zero-order valence-corrected chi connectivity index (χ0v) is 12.1. The SMILES string of the molecule is CCNC(CCOCC(F)F)c1cc(C)c(Cl)s1. The Kier molecular flexibility index (Phi) is 7.07. The Morgan fingerprint density at radius 1 is 1.50 bits per heavy atom. The molecular weight excluding hydrogens is 280 g/mol. The highest BCUT2D eigenvalue weighted by Gasteiger charge is 2.14. The van der Waals surface area contributed by atoms with Crippen molar-refractivity contribution in [3.8, 4) is 0 Å². The number of nitrogens with one attached hydrogen (secondary N) is 1. The average Bonchev–Trinajstić information content (AvgIpc) is 2.63. The summed E-state index contributed by atoms with van der Waals surface area (Å²) >= 11 is 7.56. The molecule has 0 saturated carbocycles. The lowest BCUT2D eigenvalue weighted by molar-refractivity contribution is 0.0145. The van der Waals surface area contributed by atoms with Gasteiger partial charge in [0.05, 0.1) is 4.34 Å². The van der Waals surface area contributed by atoms with Crippen LogP contribution in [0.5, 0.6) is 0 Å². The van der Waals surface area contributed by atoms with Crippen LogP contribution in [-0.2, 0) is 4.74 Å².